The SMILES string of the molecule is CCOC(=O)c1nnc(-c2cc(F)c(F)c(F)c2)o1. The third-order valence-corrected chi connectivity index (χ3v) is 2.11. The molecule has 0 spiro atoms. The molecule has 0 aliphatic heterocycles. The van der Waals surface area contributed by atoms with Gasteiger partial charge < -0.3 is 9.15 Å². The number of carbonyl (C=O) groups excluding carboxylic acids is 1. The Hall–Kier alpha value is -2.38. The molecule has 0 saturated carbocycles. The summed E-state index contributed by atoms with van der Waals surface area (Å²) in [6.45, 7) is 1.69. The highest BCUT2D eigenvalue weighted by Gasteiger charge is 2.19. The van der Waals surface area contributed by atoms with Crippen molar-refractivity contribution in [2.75, 3.05) is 6.61 Å². The predicted octanol–water partition coefficient (Wildman–Crippen LogP) is 2.33. The maximum atomic E-state index is 13.0. The highest BCUT2D eigenvalue weighted by atomic mass is 19.2. The number of nitrogens with zero attached hydrogens (tertiary/aromatic N) is 2. The molecule has 100 valence electrons. The van der Waals surface area contributed by atoms with Crippen molar-refractivity contribution in [1.29, 1.82) is 0 Å². The number of hydrogen-bond acceptors (Lipinski definition) is 5. The van der Waals surface area contributed by atoms with E-state index in [0.29, 0.717) is 12.1 Å². The van der Waals surface area contributed by atoms with E-state index in [-0.39, 0.29) is 18.1 Å². The van der Waals surface area contributed by atoms with E-state index in [2.05, 4.69) is 14.9 Å². The third-order valence-electron chi connectivity index (χ3n) is 2.11. The van der Waals surface area contributed by atoms with Gasteiger partial charge in [-0.3, -0.25) is 0 Å². The summed E-state index contributed by atoms with van der Waals surface area (Å²) in [5.74, 6) is -6.03. The molecule has 1 aromatic heterocycles. The van der Waals surface area contributed by atoms with Crippen LogP contribution in [-0.4, -0.2) is 22.8 Å². The standard InChI is InChI=1S/C11H7F3N2O3/c1-2-18-11(17)10-16-15-9(19-10)5-3-6(12)8(14)7(13)4-5/h3-4H,2H2,1H3. The summed E-state index contributed by atoms with van der Waals surface area (Å²) in [6, 6.07) is 1.36. The summed E-state index contributed by atoms with van der Waals surface area (Å²) in [7, 11) is 0. The summed E-state index contributed by atoms with van der Waals surface area (Å²) in [5, 5.41) is 6.79. The Bertz CT molecular complexity index is 604. The highest BCUT2D eigenvalue weighted by Crippen LogP contribution is 2.22. The second kappa shape index (κ2) is 5.09. The minimum absolute atomic E-state index is 0.107. The van der Waals surface area contributed by atoms with Gasteiger partial charge >= 0.3 is 11.9 Å². The van der Waals surface area contributed by atoms with Crippen LogP contribution in [0.4, 0.5) is 13.2 Å². The van der Waals surface area contributed by atoms with E-state index in [1.165, 1.54) is 0 Å². The van der Waals surface area contributed by atoms with E-state index >= 15 is 0 Å². The first-order valence-electron chi connectivity index (χ1n) is 5.18. The molecule has 0 saturated heterocycles. The van der Waals surface area contributed by atoms with Gasteiger partial charge in [0, 0.05) is 5.56 Å². The molecule has 8 heteroatoms. The minimum Gasteiger partial charge on any atom is -0.459 e. The average Bonchev–Trinajstić information content (AvgIpc) is 2.85. The first-order valence-corrected chi connectivity index (χ1v) is 5.18. The van der Waals surface area contributed by atoms with Crippen molar-refractivity contribution in [3.05, 3.63) is 35.5 Å². The third kappa shape index (κ3) is 2.56. The zero-order chi connectivity index (χ0) is 14.0. The van der Waals surface area contributed by atoms with Crippen molar-refractivity contribution in [2.45, 2.75) is 6.92 Å². The molecule has 1 heterocycles. The predicted molar refractivity (Wildman–Crippen MR) is 55.6 cm³/mol. The lowest BCUT2D eigenvalue weighted by Gasteiger charge is -1.98. The van der Waals surface area contributed by atoms with Crippen molar-refractivity contribution in [1.82, 2.24) is 10.2 Å². The number of esters is 1. The van der Waals surface area contributed by atoms with Gasteiger partial charge in [-0.05, 0) is 19.1 Å². The molecule has 0 amide bonds. The van der Waals surface area contributed by atoms with Crippen molar-refractivity contribution < 1.29 is 27.1 Å². The molecule has 0 unspecified atom stereocenters. The van der Waals surface area contributed by atoms with Crippen LogP contribution in [0.15, 0.2) is 16.5 Å². The van der Waals surface area contributed by atoms with E-state index in [1.807, 2.05) is 0 Å². The van der Waals surface area contributed by atoms with Gasteiger partial charge in [-0.15, -0.1) is 10.2 Å². The fourth-order valence-corrected chi connectivity index (χ4v) is 1.29. The fraction of sp³-hybridized carbons (Fsp3) is 0.182. The molecule has 0 aliphatic carbocycles. The van der Waals surface area contributed by atoms with E-state index < -0.39 is 29.3 Å². The van der Waals surface area contributed by atoms with Crippen molar-refractivity contribution >= 4 is 5.97 Å². The zero-order valence-electron chi connectivity index (χ0n) is 9.61. The van der Waals surface area contributed by atoms with Crippen LogP contribution in [0.3, 0.4) is 0 Å². The molecule has 1 aromatic carbocycles. The van der Waals surface area contributed by atoms with Gasteiger partial charge in [-0.1, -0.05) is 0 Å². The van der Waals surface area contributed by atoms with Crippen LogP contribution in [-0.2, 0) is 4.74 Å². The molecule has 2 rings (SSSR count). The van der Waals surface area contributed by atoms with Crippen LogP contribution >= 0.6 is 0 Å². The second-order valence-electron chi connectivity index (χ2n) is 3.39. The van der Waals surface area contributed by atoms with Gasteiger partial charge in [0.05, 0.1) is 6.61 Å². The van der Waals surface area contributed by atoms with Crippen LogP contribution < -0.4 is 0 Å². The number of benzene rings is 1. The molecular formula is C11H7F3N2O3. The summed E-state index contributed by atoms with van der Waals surface area (Å²) in [4.78, 5) is 11.3. The van der Waals surface area contributed by atoms with Gasteiger partial charge in [0.2, 0.25) is 5.89 Å². The van der Waals surface area contributed by atoms with Gasteiger partial charge in [-0.2, -0.15) is 0 Å². The molecule has 19 heavy (non-hydrogen) atoms. The second-order valence-corrected chi connectivity index (χ2v) is 3.39. The Kier molecular flexibility index (Phi) is 3.50. The number of halogens is 3. The zero-order valence-corrected chi connectivity index (χ0v) is 9.61. The molecule has 0 radical (unpaired) electrons. The lowest BCUT2D eigenvalue weighted by molar-refractivity contribution is 0.0481. The molecule has 0 aliphatic rings. The van der Waals surface area contributed by atoms with Crippen LogP contribution in [0, 0.1) is 17.5 Å². The van der Waals surface area contributed by atoms with Crippen molar-refractivity contribution in [2.24, 2.45) is 0 Å². The van der Waals surface area contributed by atoms with Crippen LogP contribution in [0.25, 0.3) is 11.5 Å². The molecule has 0 bridgehead atoms. The minimum atomic E-state index is -1.60. The molecule has 5 nitrogen and oxygen atoms in total. The topological polar surface area (TPSA) is 65.2 Å². The lowest BCUT2D eigenvalue weighted by atomic mass is 10.2. The summed E-state index contributed by atoms with van der Waals surface area (Å²) < 4.78 is 48.3. The Morgan fingerprint density at radius 3 is 2.47 bits per heavy atom. The number of rotatable bonds is 3. The van der Waals surface area contributed by atoms with Gasteiger partial charge in [0.25, 0.3) is 0 Å². The van der Waals surface area contributed by atoms with Crippen LogP contribution in [0.5, 0.6) is 0 Å². The van der Waals surface area contributed by atoms with Crippen LogP contribution in [0.1, 0.15) is 17.6 Å². The van der Waals surface area contributed by atoms with E-state index in [0.717, 1.165) is 0 Å². The Balaban J connectivity index is 2.35. The number of aromatic nitrogens is 2. The van der Waals surface area contributed by atoms with Gasteiger partial charge in [0.1, 0.15) is 0 Å². The fourth-order valence-electron chi connectivity index (χ4n) is 1.29. The maximum absolute atomic E-state index is 13.0. The molecular weight excluding hydrogens is 265 g/mol. The number of ether oxygens (including phenoxy) is 1. The summed E-state index contributed by atoms with van der Waals surface area (Å²) >= 11 is 0. The monoisotopic (exact) mass is 272 g/mol. The normalized spacial score (nSPS) is 10.5. The van der Waals surface area contributed by atoms with E-state index in [9.17, 15) is 18.0 Å². The maximum Gasteiger partial charge on any atom is 0.396 e. The Morgan fingerprint density at radius 1 is 1.26 bits per heavy atom. The Morgan fingerprint density at radius 2 is 1.89 bits per heavy atom. The first-order chi connectivity index (χ1) is 9.02. The quantitative estimate of drug-likeness (QED) is 0.633. The van der Waals surface area contributed by atoms with E-state index in [1.54, 1.807) is 6.92 Å². The molecule has 2 aromatic rings. The van der Waals surface area contributed by atoms with Crippen molar-refractivity contribution in [3.8, 4) is 11.5 Å². The summed E-state index contributed by atoms with van der Waals surface area (Å²) in [5.41, 5.74) is -0.181. The molecule has 0 atom stereocenters. The smallest absolute Gasteiger partial charge is 0.396 e. The first kappa shape index (κ1) is 13.1. The largest absolute Gasteiger partial charge is 0.459 e. The lowest BCUT2D eigenvalue weighted by Crippen LogP contribution is -2.04. The number of carbonyl (C=O) groups is 1. The summed E-state index contributed by atoms with van der Waals surface area (Å²) in [6.07, 6.45) is 0. The molecule has 0 fully saturated rings. The average molecular weight is 272 g/mol. The van der Waals surface area contributed by atoms with Crippen molar-refractivity contribution in [3.63, 3.8) is 0 Å². The highest BCUT2D eigenvalue weighted by molar-refractivity contribution is 5.84. The van der Waals surface area contributed by atoms with Gasteiger partial charge in [-0.25, -0.2) is 18.0 Å². The Labute approximate surface area is 105 Å². The van der Waals surface area contributed by atoms with Crippen LogP contribution in [0.2, 0.25) is 0 Å². The van der Waals surface area contributed by atoms with E-state index in [4.69, 9.17) is 4.42 Å². The molecule has 0 N–H and O–H groups in total. The number of hydrogen-bond donors (Lipinski definition) is 0. The van der Waals surface area contributed by atoms with Gasteiger partial charge in [0.15, 0.2) is 17.5 Å².